The molecule has 0 radical (unpaired) electrons. The van der Waals surface area contributed by atoms with Gasteiger partial charge in [0.25, 0.3) is 5.56 Å². The van der Waals surface area contributed by atoms with Gasteiger partial charge in [-0.2, -0.15) is 0 Å². The number of benzene rings is 1. The second-order valence-electron chi connectivity index (χ2n) is 9.13. The van der Waals surface area contributed by atoms with Crippen LogP contribution in [0.2, 0.25) is 5.02 Å². The van der Waals surface area contributed by atoms with E-state index in [4.69, 9.17) is 16.6 Å². The Hall–Kier alpha value is -2.05. The number of fused-ring (bicyclic) bond motifs is 1. The summed E-state index contributed by atoms with van der Waals surface area (Å²) < 4.78 is 0. The van der Waals surface area contributed by atoms with E-state index in [0.29, 0.717) is 33.6 Å². The number of H-pyrrole nitrogens is 1. The molecule has 164 valence electrons. The molecule has 1 aromatic heterocycles. The van der Waals surface area contributed by atoms with E-state index in [1.54, 1.807) is 23.9 Å². The van der Waals surface area contributed by atoms with E-state index < -0.39 is 5.92 Å². The van der Waals surface area contributed by atoms with Crippen LogP contribution in [0.25, 0.3) is 0 Å². The van der Waals surface area contributed by atoms with Crippen LogP contribution in [0, 0.1) is 5.41 Å². The molecule has 0 saturated carbocycles. The standard InChI is InChI=1S/C24H28ClN3O2S/c1-4-5-6-11-31-23-27-21-20(22(30)28-23)18(14-7-9-15(25)10-8-14)19-16(26-21)12-24(2,3)13-17(19)29/h7-10,18H,4-6,11-13H2,1-3H3,(H2,26,27,28,30). The number of hydrogen-bond donors (Lipinski definition) is 2. The minimum atomic E-state index is -0.442. The van der Waals surface area contributed by atoms with Crippen molar-refractivity contribution in [3.05, 3.63) is 62.0 Å². The van der Waals surface area contributed by atoms with Gasteiger partial charge in [0.15, 0.2) is 10.9 Å². The van der Waals surface area contributed by atoms with E-state index in [2.05, 4.69) is 31.1 Å². The van der Waals surface area contributed by atoms with E-state index in [1.807, 2.05) is 12.1 Å². The number of carbonyl (C=O) groups excluding carboxylic acids is 1. The van der Waals surface area contributed by atoms with Crippen molar-refractivity contribution in [2.24, 2.45) is 5.41 Å². The third-order valence-corrected chi connectivity index (χ3v) is 7.10. The molecule has 2 aromatic rings. The van der Waals surface area contributed by atoms with Crippen molar-refractivity contribution in [1.82, 2.24) is 9.97 Å². The van der Waals surface area contributed by atoms with Gasteiger partial charge in [-0.05, 0) is 36.0 Å². The summed E-state index contributed by atoms with van der Waals surface area (Å²) >= 11 is 7.67. The summed E-state index contributed by atoms with van der Waals surface area (Å²) in [5.74, 6) is 1.12. The molecule has 2 heterocycles. The Morgan fingerprint density at radius 1 is 1.16 bits per heavy atom. The third kappa shape index (κ3) is 4.60. The number of unbranched alkanes of at least 4 members (excludes halogenated alkanes) is 2. The number of anilines is 1. The predicted molar refractivity (Wildman–Crippen MR) is 127 cm³/mol. The van der Waals surface area contributed by atoms with Gasteiger partial charge in [-0.1, -0.05) is 69.1 Å². The number of nitrogens with one attached hydrogen (secondary N) is 2. The van der Waals surface area contributed by atoms with Crippen molar-refractivity contribution < 1.29 is 4.79 Å². The van der Waals surface area contributed by atoms with Crippen molar-refractivity contribution in [3.8, 4) is 0 Å². The average molecular weight is 458 g/mol. The zero-order valence-corrected chi connectivity index (χ0v) is 19.8. The Balaban J connectivity index is 1.80. The zero-order chi connectivity index (χ0) is 22.2. The molecule has 1 aliphatic heterocycles. The van der Waals surface area contributed by atoms with Crippen molar-refractivity contribution in [2.45, 2.75) is 63.9 Å². The number of hydrogen-bond acceptors (Lipinski definition) is 5. The monoisotopic (exact) mass is 457 g/mol. The van der Waals surface area contributed by atoms with Crippen LogP contribution in [0.3, 0.4) is 0 Å². The second-order valence-corrected chi connectivity index (χ2v) is 10.7. The Kier molecular flexibility index (Phi) is 6.31. The fraction of sp³-hybridized carbons (Fsp3) is 0.458. The van der Waals surface area contributed by atoms with Gasteiger partial charge in [-0.25, -0.2) is 4.98 Å². The summed E-state index contributed by atoms with van der Waals surface area (Å²) in [6.45, 7) is 6.37. The Labute approximate surface area is 192 Å². The van der Waals surface area contributed by atoms with Gasteiger partial charge in [0.2, 0.25) is 0 Å². The second kappa shape index (κ2) is 8.83. The molecule has 7 heteroatoms. The van der Waals surface area contributed by atoms with Gasteiger partial charge in [-0.3, -0.25) is 9.59 Å². The van der Waals surface area contributed by atoms with Crippen LogP contribution in [0.1, 0.15) is 69.9 Å². The number of rotatable bonds is 6. The first-order valence-corrected chi connectivity index (χ1v) is 12.2. The highest BCUT2D eigenvalue weighted by Crippen LogP contribution is 2.47. The molecule has 1 aliphatic carbocycles. The van der Waals surface area contributed by atoms with Crippen LogP contribution in [0.4, 0.5) is 5.82 Å². The highest BCUT2D eigenvalue weighted by molar-refractivity contribution is 7.99. The van der Waals surface area contributed by atoms with Crippen molar-refractivity contribution in [3.63, 3.8) is 0 Å². The Morgan fingerprint density at radius 2 is 1.90 bits per heavy atom. The number of allylic oxidation sites excluding steroid dienone is 2. The van der Waals surface area contributed by atoms with Crippen LogP contribution in [-0.4, -0.2) is 21.5 Å². The molecule has 0 bridgehead atoms. The molecule has 1 aromatic carbocycles. The summed E-state index contributed by atoms with van der Waals surface area (Å²) in [4.78, 5) is 34.1. The van der Waals surface area contributed by atoms with E-state index in [1.165, 1.54) is 0 Å². The number of aromatic amines is 1. The Morgan fingerprint density at radius 3 is 2.61 bits per heavy atom. The number of halogens is 1. The molecular weight excluding hydrogens is 430 g/mol. The number of aromatic nitrogens is 2. The summed E-state index contributed by atoms with van der Waals surface area (Å²) in [5, 5.41) is 4.60. The van der Waals surface area contributed by atoms with Crippen molar-refractivity contribution >= 4 is 35.0 Å². The van der Waals surface area contributed by atoms with Crippen molar-refractivity contribution in [2.75, 3.05) is 11.1 Å². The first kappa shape index (κ1) is 22.2. The van der Waals surface area contributed by atoms with Crippen molar-refractivity contribution in [1.29, 1.82) is 0 Å². The average Bonchev–Trinajstić information content (AvgIpc) is 2.69. The van der Waals surface area contributed by atoms with Crippen LogP contribution in [0.15, 0.2) is 45.5 Å². The zero-order valence-electron chi connectivity index (χ0n) is 18.2. The first-order valence-electron chi connectivity index (χ1n) is 10.8. The van der Waals surface area contributed by atoms with Crippen LogP contribution < -0.4 is 10.9 Å². The number of Topliss-reactive ketones (excluding diaryl/α,β-unsaturated/α-hetero) is 1. The quantitative estimate of drug-likeness (QED) is 0.320. The maximum atomic E-state index is 13.2. The SMILES string of the molecule is CCCCCSc1nc2c(c(=O)[nH]1)C(c1ccc(Cl)cc1)C1=C(CC(C)(C)CC1=O)N2. The fourth-order valence-corrected chi connectivity index (χ4v) is 5.46. The predicted octanol–water partition coefficient (Wildman–Crippen LogP) is 5.91. The summed E-state index contributed by atoms with van der Waals surface area (Å²) in [5.41, 5.74) is 2.62. The molecule has 0 saturated heterocycles. The van der Waals surface area contributed by atoms with E-state index in [-0.39, 0.29) is 16.8 Å². The molecule has 5 nitrogen and oxygen atoms in total. The van der Waals surface area contributed by atoms with Gasteiger partial charge >= 0.3 is 0 Å². The number of ketones is 1. The van der Waals surface area contributed by atoms with Gasteiger partial charge < -0.3 is 10.3 Å². The lowest BCUT2D eigenvalue weighted by Gasteiger charge is -2.38. The molecule has 0 amide bonds. The van der Waals surface area contributed by atoms with E-state index in [0.717, 1.165) is 42.7 Å². The molecule has 2 aliphatic rings. The molecule has 0 spiro atoms. The summed E-state index contributed by atoms with van der Waals surface area (Å²) in [7, 11) is 0. The molecule has 1 atom stereocenters. The fourth-order valence-electron chi connectivity index (χ4n) is 4.47. The topological polar surface area (TPSA) is 74.8 Å². The largest absolute Gasteiger partial charge is 0.343 e. The molecule has 31 heavy (non-hydrogen) atoms. The van der Waals surface area contributed by atoms with Gasteiger partial charge in [-0.15, -0.1) is 0 Å². The molecule has 0 fully saturated rings. The molecular formula is C24H28ClN3O2S. The maximum Gasteiger partial charge on any atom is 0.257 e. The molecule has 2 N–H and O–H groups in total. The lowest BCUT2D eigenvalue weighted by atomic mass is 9.69. The van der Waals surface area contributed by atoms with E-state index in [9.17, 15) is 9.59 Å². The first-order chi connectivity index (χ1) is 14.8. The lowest BCUT2D eigenvalue weighted by molar-refractivity contribution is -0.118. The maximum absolute atomic E-state index is 13.2. The van der Waals surface area contributed by atoms with Crippen LogP contribution in [0.5, 0.6) is 0 Å². The number of carbonyl (C=O) groups is 1. The highest BCUT2D eigenvalue weighted by atomic mass is 35.5. The normalized spacial score (nSPS) is 19.6. The van der Waals surface area contributed by atoms with Crippen LogP contribution in [-0.2, 0) is 4.79 Å². The Bertz CT molecular complexity index is 1090. The molecule has 1 unspecified atom stereocenters. The van der Waals surface area contributed by atoms with Gasteiger partial charge in [0.1, 0.15) is 5.82 Å². The van der Waals surface area contributed by atoms with E-state index >= 15 is 0 Å². The minimum absolute atomic E-state index is 0.0850. The summed E-state index contributed by atoms with van der Waals surface area (Å²) in [6.07, 6.45) is 4.60. The number of thioether (sulfide) groups is 1. The third-order valence-electron chi connectivity index (χ3n) is 5.89. The highest BCUT2D eigenvalue weighted by Gasteiger charge is 2.42. The smallest absolute Gasteiger partial charge is 0.257 e. The summed E-state index contributed by atoms with van der Waals surface area (Å²) in [6, 6.07) is 7.39. The number of nitrogens with zero attached hydrogens (tertiary/aromatic N) is 1. The molecule has 4 rings (SSSR count). The lowest BCUT2D eigenvalue weighted by Crippen LogP contribution is -2.37. The van der Waals surface area contributed by atoms with Crippen LogP contribution >= 0.6 is 23.4 Å². The minimum Gasteiger partial charge on any atom is -0.343 e. The van der Waals surface area contributed by atoms with Gasteiger partial charge in [0.05, 0.1) is 5.56 Å². The van der Waals surface area contributed by atoms with Gasteiger partial charge in [0, 0.05) is 34.4 Å².